The van der Waals surface area contributed by atoms with Gasteiger partial charge in [0.25, 0.3) is 0 Å². The number of aryl methyl sites for hydroxylation is 2. The Morgan fingerprint density at radius 1 is 1.09 bits per heavy atom. The van der Waals surface area contributed by atoms with E-state index in [1.807, 2.05) is 0 Å². The molecule has 0 radical (unpaired) electrons. The molecule has 2 aromatic rings. The minimum Gasteiger partial charge on any atom is -0.356 e. The zero-order valence-corrected chi connectivity index (χ0v) is 14.2. The number of nitrogens with one attached hydrogen (secondary N) is 2. The summed E-state index contributed by atoms with van der Waals surface area (Å²) < 4.78 is 26.2. The topological polar surface area (TPSA) is 24.1 Å². The summed E-state index contributed by atoms with van der Waals surface area (Å²) in [5.41, 5.74) is 3.99. The first kappa shape index (κ1) is 17.3. The molecule has 0 aliphatic carbocycles. The van der Waals surface area contributed by atoms with Gasteiger partial charge in [0, 0.05) is 11.8 Å². The lowest BCUT2D eigenvalue weighted by Crippen LogP contribution is -2.32. The first-order chi connectivity index (χ1) is 10.9. The van der Waals surface area contributed by atoms with Gasteiger partial charge in [-0.05, 0) is 55.7 Å². The predicted molar refractivity (Wildman–Crippen MR) is 94.7 cm³/mol. The zero-order chi connectivity index (χ0) is 17.0. The fourth-order valence-corrected chi connectivity index (χ4v) is 2.78. The Kier molecular flexibility index (Phi) is 5.66. The van der Waals surface area contributed by atoms with Gasteiger partial charge >= 0.3 is 0 Å². The van der Waals surface area contributed by atoms with E-state index < -0.39 is 11.6 Å². The molecule has 0 amide bonds. The SMILES string of the molecule is CC[C@@H](NC(=S)Nc1ccc(F)c(F)c1)c1ccc(C)cc1C. The van der Waals surface area contributed by atoms with E-state index in [1.165, 1.54) is 22.8 Å². The normalized spacial score (nSPS) is 11.9. The minimum atomic E-state index is -0.903. The van der Waals surface area contributed by atoms with Crippen molar-refractivity contribution in [3.63, 3.8) is 0 Å². The number of benzene rings is 2. The molecule has 0 aliphatic heterocycles. The maximum absolute atomic E-state index is 13.2. The van der Waals surface area contributed by atoms with Crippen LogP contribution in [0.5, 0.6) is 0 Å². The summed E-state index contributed by atoms with van der Waals surface area (Å²) in [4.78, 5) is 0. The molecule has 2 rings (SSSR count). The smallest absolute Gasteiger partial charge is 0.171 e. The summed E-state index contributed by atoms with van der Waals surface area (Å²) >= 11 is 5.29. The van der Waals surface area contributed by atoms with Crippen LogP contribution in [0.15, 0.2) is 36.4 Å². The maximum atomic E-state index is 13.2. The van der Waals surface area contributed by atoms with E-state index in [0.29, 0.717) is 10.8 Å². The third-order valence-corrected chi connectivity index (χ3v) is 3.91. The van der Waals surface area contributed by atoms with Crippen molar-refractivity contribution in [2.75, 3.05) is 5.32 Å². The molecule has 2 N–H and O–H groups in total. The van der Waals surface area contributed by atoms with Crippen molar-refractivity contribution >= 4 is 23.0 Å². The fourth-order valence-electron chi connectivity index (χ4n) is 2.52. The average molecular weight is 334 g/mol. The molecule has 0 aromatic heterocycles. The van der Waals surface area contributed by atoms with Crippen LogP contribution in [0.2, 0.25) is 0 Å². The molecule has 2 nitrogen and oxygen atoms in total. The second kappa shape index (κ2) is 7.51. The lowest BCUT2D eigenvalue weighted by molar-refractivity contribution is 0.509. The predicted octanol–water partition coefficient (Wildman–Crippen LogP) is 5.02. The molecular weight excluding hydrogens is 314 g/mol. The Labute approximate surface area is 140 Å². The molecule has 5 heteroatoms. The van der Waals surface area contributed by atoms with E-state index in [9.17, 15) is 8.78 Å². The number of rotatable bonds is 4. The Bertz CT molecular complexity index is 716. The number of halogens is 2. The van der Waals surface area contributed by atoms with E-state index >= 15 is 0 Å². The highest BCUT2D eigenvalue weighted by Crippen LogP contribution is 2.22. The van der Waals surface area contributed by atoms with Crippen molar-refractivity contribution < 1.29 is 8.78 Å². The van der Waals surface area contributed by atoms with Crippen LogP contribution in [0, 0.1) is 25.5 Å². The van der Waals surface area contributed by atoms with Crippen molar-refractivity contribution in [1.29, 1.82) is 0 Å². The van der Waals surface area contributed by atoms with Crippen LogP contribution in [0.4, 0.5) is 14.5 Å². The Hall–Kier alpha value is -2.01. The van der Waals surface area contributed by atoms with Gasteiger partial charge in [-0.25, -0.2) is 8.78 Å². The summed E-state index contributed by atoms with van der Waals surface area (Å²) in [5.74, 6) is -1.78. The number of hydrogen-bond acceptors (Lipinski definition) is 1. The van der Waals surface area contributed by atoms with Crippen LogP contribution >= 0.6 is 12.2 Å². The molecule has 0 heterocycles. The summed E-state index contributed by atoms with van der Waals surface area (Å²) in [6.07, 6.45) is 0.851. The molecule has 122 valence electrons. The standard InChI is InChI=1S/C18H20F2N2S/c1-4-17(14-7-5-11(2)9-12(14)3)22-18(23)21-13-6-8-15(19)16(20)10-13/h5-10,17H,4H2,1-3H3,(H2,21,22,23)/t17-/m1/s1. The molecule has 0 saturated carbocycles. The molecule has 0 unspecified atom stereocenters. The fraction of sp³-hybridized carbons (Fsp3) is 0.278. The van der Waals surface area contributed by atoms with E-state index in [0.717, 1.165) is 18.6 Å². The molecule has 0 bridgehead atoms. The molecule has 0 fully saturated rings. The lowest BCUT2D eigenvalue weighted by atomic mass is 9.98. The highest BCUT2D eigenvalue weighted by Gasteiger charge is 2.13. The highest BCUT2D eigenvalue weighted by molar-refractivity contribution is 7.80. The van der Waals surface area contributed by atoms with E-state index in [-0.39, 0.29) is 6.04 Å². The lowest BCUT2D eigenvalue weighted by Gasteiger charge is -2.22. The maximum Gasteiger partial charge on any atom is 0.171 e. The molecule has 2 aromatic carbocycles. The van der Waals surface area contributed by atoms with Crippen LogP contribution in [-0.4, -0.2) is 5.11 Å². The van der Waals surface area contributed by atoms with Gasteiger partial charge < -0.3 is 10.6 Å². The van der Waals surface area contributed by atoms with Crippen molar-refractivity contribution in [2.45, 2.75) is 33.2 Å². The first-order valence-corrected chi connectivity index (χ1v) is 7.91. The average Bonchev–Trinajstić information content (AvgIpc) is 2.49. The van der Waals surface area contributed by atoms with Crippen molar-refractivity contribution in [3.8, 4) is 0 Å². The molecule has 0 spiro atoms. The molecule has 1 atom stereocenters. The minimum absolute atomic E-state index is 0.0564. The van der Waals surface area contributed by atoms with Crippen LogP contribution in [0.25, 0.3) is 0 Å². The summed E-state index contributed by atoms with van der Waals surface area (Å²) in [6, 6.07) is 9.95. The van der Waals surface area contributed by atoms with E-state index in [1.54, 1.807) is 0 Å². The zero-order valence-electron chi connectivity index (χ0n) is 13.4. The third kappa shape index (κ3) is 4.48. The van der Waals surface area contributed by atoms with Crippen LogP contribution in [-0.2, 0) is 0 Å². The first-order valence-electron chi connectivity index (χ1n) is 7.50. The Balaban J connectivity index is 2.08. The quantitative estimate of drug-likeness (QED) is 0.768. The second-order valence-electron chi connectivity index (χ2n) is 5.55. The molecule has 0 saturated heterocycles. The number of hydrogen-bond donors (Lipinski definition) is 2. The number of thiocarbonyl (C=S) groups is 1. The van der Waals surface area contributed by atoms with Crippen LogP contribution in [0.1, 0.15) is 36.1 Å². The summed E-state index contributed by atoms with van der Waals surface area (Å²) in [6.45, 7) is 6.19. The molecular formula is C18H20F2N2S. The van der Waals surface area contributed by atoms with Gasteiger partial charge in [-0.2, -0.15) is 0 Å². The summed E-state index contributed by atoms with van der Waals surface area (Å²) in [7, 11) is 0. The van der Waals surface area contributed by atoms with Gasteiger partial charge in [-0.15, -0.1) is 0 Å². The number of anilines is 1. The van der Waals surface area contributed by atoms with Gasteiger partial charge in [-0.1, -0.05) is 30.7 Å². The Morgan fingerprint density at radius 2 is 1.83 bits per heavy atom. The van der Waals surface area contributed by atoms with E-state index in [4.69, 9.17) is 12.2 Å². The Morgan fingerprint density at radius 3 is 2.43 bits per heavy atom. The van der Waals surface area contributed by atoms with Crippen LogP contribution < -0.4 is 10.6 Å². The molecule has 0 aliphatic rings. The van der Waals surface area contributed by atoms with Crippen molar-refractivity contribution in [1.82, 2.24) is 5.32 Å². The highest BCUT2D eigenvalue weighted by atomic mass is 32.1. The van der Waals surface area contributed by atoms with E-state index in [2.05, 4.69) is 49.6 Å². The van der Waals surface area contributed by atoms with Crippen molar-refractivity contribution in [3.05, 3.63) is 64.7 Å². The monoisotopic (exact) mass is 334 g/mol. The van der Waals surface area contributed by atoms with Gasteiger partial charge in [0.05, 0.1) is 6.04 Å². The largest absolute Gasteiger partial charge is 0.356 e. The van der Waals surface area contributed by atoms with Crippen molar-refractivity contribution in [2.24, 2.45) is 0 Å². The van der Waals surface area contributed by atoms with Gasteiger partial charge in [0.15, 0.2) is 16.7 Å². The van der Waals surface area contributed by atoms with Crippen LogP contribution in [0.3, 0.4) is 0 Å². The molecule has 23 heavy (non-hydrogen) atoms. The van der Waals surface area contributed by atoms with Gasteiger partial charge in [-0.3, -0.25) is 0 Å². The second-order valence-corrected chi connectivity index (χ2v) is 5.96. The van der Waals surface area contributed by atoms with Gasteiger partial charge in [0.1, 0.15) is 0 Å². The summed E-state index contributed by atoms with van der Waals surface area (Å²) in [5, 5.41) is 6.50. The van der Waals surface area contributed by atoms with Gasteiger partial charge in [0.2, 0.25) is 0 Å². The third-order valence-electron chi connectivity index (χ3n) is 3.69.